The smallest absolute Gasteiger partial charge is 0.332 e. The molecule has 0 aliphatic carbocycles. The fourth-order valence-corrected chi connectivity index (χ4v) is 2.42. The first-order chi connectivity index (χ1) is 8.55. The predicted octanol–water partition coefficient (Wildman–Crippen LogP) is 0.664. The van der Waals surface area contributed by atoms with Gasteiger partial charge in [-0.1, -0.05) is 0 Å². The maximum atomic E-state index is 11.2. The van der Waals surface area contributed by atoms with E-state index in [1.807, 2.05) is 0 Å². The van der Waals surface area contributed by atoms with Crippen LogP contribution in [0.1, 0.15) is 11.4 Å². The van der Waals surface area contributed by atoms with E-state index in [0.717, 1.165) is 11.1 Å². The maximum absolute atomic E-state index is 11.2. The normalized spacial score (nSPS) is 16.1. The lowest BCUT2D eigenvalue weighted by atomic mass is 10.2. The van der Waals surface area contributed by atoms with Crippen LogP contribution in [0.3, 0.4) is 0 Å². The van der Waals surface area contributed by atoms with Crippen molar-refractivity contribution in [2.24, 2.45) is 0 Å². The Morgan fingerprint density at radius 1 is 1.33 bits per heavy atom. The van der Waals surface area contributed by atoms with Gasteiger partial charge < -0.3 is 4.18 Å². The number of aromatic nitrogens is 4. The average Bonchev–Trinajstić information content (AvgIpc) is 2.74. The highest BCUT2D eigenvalue weighted by molar-refractivity contribution is 7.90. The van der Waals surface area contributed by atoms with Crippen molar-refractivity contribution in [3.05, 3.63) is 35.0 Å². The molecule has 1 aliphatic rings. The second-order valence-corrected chi connectivity index (χ2v) is 5.16. The van der Waals surface area contributed by atoms with E-state index in [0.29, 0.717) is 17.1 Å². The second kappa shape index (κ2) is 3.64. The Morgan fingerprint density at radius 3 is 2.89 bits per heavy atom. The van der Waals surface area contributed by atoms with E-state index in [1.165, 1.54) is 6.08 Å². The fraction of sp³-hybridized carbons (Fsp3) is 0.100. The number of hydrogen-bond donors (Lipinski definition) is 0. The van der Waals surface area contributed by atoms with E-state index in [9.17, 15) is 8.42 Å². The second-order valence-electron chi connectivity index (χ2n) is 3.74. The molecule has 0 atom stereocenters. The van der Waals surface area contributed by atoms with Gasteiger partial charge in [0.05, 0.1) is 11.1 Å². The highest BCUT2D eigenvalue weighted by atomic mass is 32.2. The molecule has 0 amide bonds. The average molecular weight is 264 g/mol. The molecule has 0 spiro atoms. The highest BCUT2D eigenvalue weighted by Crippen LogP contribution is 2.28. The molecule has 0 unspecified atom stereocenters. The van der Waals surface area contributed by atoms with Gasteiger partial charge in [0.2, 0.25) is 0 Å². The van der Waals surface area contributed by atoms with Crippen LogP contribution in [0, 0.1) is 6.92 Å². The summed E-state index contributed by atoms with van der Waals surface area (Å²) in [6.07, 6.45) is 1.48. The molecular weight excluding hydrogens is 256 g/mol. The number of fused-ring (bicyclic) bond motifs is 1. The van der Waals surface area contributed by atoms with Gasteiger partial charge >= 0.3 is 10.1 Å². The van der Waals surface area contributed by atoms with Crippen LogP contribution in [-0.2, 0) is 10.1 Å². The third kappa shape index (κ3) is 1.76. The first kappa shape index (κ1) is 10.9. The van der Waals surface area contributed by atoms with Crippen LogP contribution in [0.15, 0.2) is 23.6 Å². The molecule has 18 heavy (non-hydrogen) atoms. The number of aryl methyl sites for hydroxylation is 1. The van der Waals surface area contributed by atoms with Gasteiger partial charge in [-0.3, -0.25) is 0 Å². The first-order valence-electron chi connectivity index (χ1n) is 5.07. The van der Waals surface area contributed by atoms with Gasteiger partial charge in [-0.2, -0.15) is 13.1 Å². The molecule has 1 aromatic heterocycles. The summed E-state index contributed by atoms with van der Waals surface area (Å²) in [5, 5.41) is 12.2. The van der Waals surface area contributed by atoms with Crippen molar-refractivity contribution in [2.45, 2.75) is 6.92 Å². The van der Waals surface area contributed by atoms with Crippen molar-refractivity contribution in [1.29, 1.82) is 0 Å². The predicted molar refractivity (Wildman–Crippen MR) is 62.5 cm³/mol. The molecule has 1 aliphatic heterocycles. The van der Waals surface area contributed by atoms with Crippen LogP contribution in [-0.4, -0.2) is 28.6 Å². The molecule has 7 nitrogen and oxygen atoms in total. The van der Waals surface area contributed by atoms with Crippen LogP contribution in [0.2, 0.25) is 0 Å². The molecule has 1 aromatic carbocycles. The minimum Gasteiger partial charge on any atom is -0.379 e. The molecule has 0 N–H and O–H groups in total. The number of rotatable bonds is 1. The summed E-state index contributed by atoms with van der Waals surface area (Å²) in [6.45, 7) is 1.77. The zero-order valence-electron chi connectivity index (χ0n) is 9.31. The molecule has 0 radical (unpaired) electrons. The first-order valence-corrected chi connectivity index (χ1v) is 6.54. The largest absolute Gasteiger partial charge is 0.379 e. The van der Waals surface area contributed by atoms with Gasteiger partial charge in [0.25, 0.3) is 0 Å². The van der Waals surface area contributed by atoms with E-state index < -0.39 is 10.1 Å². The molecule has 0 bridgehead atoms. The Balaban J connectivity index is 2.11. The third-order valence-corrected chi connectivity index (χ3v) is 3.36. The van der Waals surface area contributed by atoms with E-state index in [2.05, 4.69) is 15.5 Å². The monoisotopic (exact) mass is 264 g/mol. The van der Waals surface area contributed by atoms with Crippen molar-refractivity contribution in [2.75, 3.05) is 0 Å². The summed E-state index contributed by atoms with van der Waals surface area (Å²) in [6, 6.07) is 5.02. The minimum atomic E-state index is -3.60. The van der Waals surface area contributed by atoms with Crippen molar-refractivity contribution in [1.82, 2.24) is 20.2 Å². The van der Waals surface area contributed by atoms with Crippen LogP contribution in [0.5, 0.6) is 5.75 Å². The van der Waals surface area contributed by atoms with Gasteiger partial charge in [-0.05, 0) is 41.6 Å². The quantitative estimate of drug-likeness (QED) is 0.703. The minimum absolute atomic E-state index is 0.298. The lowest BCUT2D eigenvalue weighted by molar-refractivity contribution is 0.494. The van der Waals surface area contributed by atoms with Crippen LogP contribution in [0.25, 0.3) is 11.8 Å². The summed E-state index contributed by atoms with van der Waals surface area (Å²) >= 11 is 0. The highest BCUT2D eigenvalue weighted by Gasteiger charge is 2.17. The topological polar surface area (TPSA) is 87.0 Å². The number of hydrogen-bond acceptors (Lipinski definition) is 6. The van der Waals surface area contributed by atoms with Crippen molar-refractivity contribution in [3.63, 3.8) is 0 Å². The molecule has 92 valence electrons. The van der Waals surface area contributed by atoms with Crippen molar-refractivity contribution >= 4 is 16.2 Å². The van der Waals surface area contributed by atoms with Gasteiger partial charge in [-0.15, -0.1) is 5.10 Å². The standard InChI is InChI=1S/C10H8N4O3S/c1-7-11-12-13-14(7)9-2-3-10-8(6-9)4-5-18(15,16)17-10/h2-6H,1H3. The molecule has 0 fully saturated rings. The molecule has 0 saturated carbocycles. The third-order valence-electron chi connectivity index (χ3n) is 2.48. The van der Waals surface area contributed by atoms with Gasteiger partial charge in [-0.25, -0.2) is 0 Å². The number of benzene rings is 1. The van der Waals surface area contributed by atoms with E-state index >= 15 is 0 Å². The Hall–Kier alpha value is -2.22. The van der Waals surface area contributed by atoms with E-state index in [-0.39, 0.29) is 0 Å². The molecule has 3 rings (SSSR count). The Morgan fingerprint density at radius 2 is 2.17 bits per heavy atom. The lowest BCUT2D eigenvalue weighted by Gasteiger charge is -2.12. The van der Waals surface area contributed by atoms with Crippen LogP contribution in [0.4, 0.5) is 0 Å². The summed E-state index contributed by atoms with van der Waals surface area (Å²) in [4.78, 5) is 0. The van der Waals surface area contributed by atoms with Crippen LogP contribution >= 0.6 is 0 Å². The Labute approximate surface area is 103 Å². The lowest BCUT2D eigenvalue weighted by Crippen LogP contribution is -2.10. The van der Waals surface area contributed by atoms with Gasteiger partial charge in [0, 0.05) is 5.56 Å². The Kier molecular flexibility index (Phi) is 2.20. The SMILES string of the molecule is Cc1nnnn1-c1ccc2c(c1)C=CS(=O)(=O)O2. The van der Waals surface area contributed by atoms with Crippen molar-refractivity contribution in [3.8, 4) is 11.4 Å². The molecule has 8 heteroatoms. The summed E-state index contributed by atoms with van der Waals surface area (Å²) in [7, 11) is -3.60. The number of tetrazole rings is 1. The fourth-order valence-electron chi connectivity index (χ4n) is 1.65. The summed E-state index contributed by atoms with van der Waals surface area (Å²) in [5.74, 6) is 0.940. The maximum Gasteiger partial charge on any atom is 0.332 e. The van der Waals surface area contributed by atoms with Gasteiger partial charge in [0.15, 0.2) is 5.82 Å². The Bertz CT molecular complexity index is 748. The number of nitrogens with zero attached hydrogens (tertiary/aromatic N) is 4. The molecule has 2 aromatic rings. The molecular formula is C10H8N4O3S. The van der Waals surface area contributed by atoms with Gasteiger partial charge in [0.1, 0.15) is 5.75 Å². The van der Waals surface area contributed by atoms with Crippen molar-refractivity contribution < 1.29 is 12.6 Å². The van der Waals surface area contributed by atoms with E-state index in [1.54, 1.807) is 29.8 Å². The summed E-state index contributed by atoms with van der Waals surface area (Å²) in [5.41, 5.74) is 1.40. The molecule has 2 heterocycles. The zero-order chi connectivity index (χ0) is 12.8. The van der Waals surface area contributed by atoms with Crippen LogP contribution < -0.4 is 4.18 Å². The van der Waals surface area contributed by atoms with E-state index in [4.69, 9.17) is 4.18 Å². The summed E-state index contributed by atoms with van der Waals surface area (Å²) < 4.78 is 28.9. The molecule has 0 saturated heterocycles. The zero-order valence-corrected chi connectivity index (χ0v) is 10.1.